The fourth-order valence-electron chi connectivity index (χ4n) is 5.42. The first-order valence-electron chi connectivity index (χ1n) is 13.8. The standard InChI is InChI=1S/C33H27Cl2F2N3O4/c1-33(2)17-43-16-29(33)40-28-12-19(32(41)42)5-9-27(28)38-30(40)13-20-11-25(37)22(14-24(20)36)26-10-8-23(35)31(39-26)44-15-18-3-6-21(34)7-4-18/h3-12,14,29H,13,15-17H2,1-2H3,(H,41,42)/t29-/m1/s1. The van der Waals surface area contributed by atoms with Gasteiger partial charge in [-0.25, -0.2) is 23.5 Å². The number of nitrogens with zero attached hydrogens (tertiary/aromatic N) is 3. The van der Waals surface area contributed by atoms with Gasteiger partial charge in [-0.3, -0.25) is 0 Å². The highest BCUT2D eigenvalue weighted by atomic mass is 35.5. The van der Waals surface area contributed by atoms with Crippen LogP contribution in [0.4, 0.5) is 8.78 Å². The van der Waals surface area contributed by atoms with Gasteiger partial charge >= 0.3 is 5.97 Å². The van der Waals surface area contributed by atoms with Crippen molar-refractivity contribution in [3.8, 4) is 17.1 Å². The maximum Gasteiger partial charge on any atom is 0.335 e. The zero-order chi connectivity index (χ0) is 31.2. The van der Waals surface area contributed by atoms with Crippen molar-refractivity contribution in [2.75, 3.05) is 13.2 Å². The summed E-state index contributed by atoms with van der Waals surface area (Å²) in [6.07, 6.45) is -0.0315. The number of aromatic nitrogens is 3. The normalized spacial score (nSPS) is 16.0. The lowest BCUT2D eigenvalue weighted by atomic mass is 9.87. The minimum Gasteiger partial charge on any atom is -0.478 e. The largest absolute Gasteiger partial charge is 0.478 e. The van der Waals surface area contributed by atoms with Crippen LogP contribution in [0.25, 0.3) is 22.3 Å². The first-order chi connectivity index (χ1) is 21.0. The van der Waals surface area contributed by atoms with Crippen molar-refractivity contribution in [1.29, 1.82) is 0 Å². The Morgan fingerprint density at radius 3 is 2.52 bits per heavy atom. The van der Waals surface area contributed by atoms with Crippen molar-refractivity contribution in [3.63, 3.8) is 0 Å². The van der Waals surface area contributed by atoms with Crippen molar-refractivity contribution < 1.29 is 28.2 Å². The van der Waals surface area contributed by atoms with Gasteiger partial charge in [-0.2, -0.15) is 0 Å². The van der Waals surface area contributed by atoms with Crippen LogP contribution in [0.15, 0.2) is 66.7 Å². The third kappa shape index (κ3) is 5.87. The fraction of sp³-hybridized carbons (Fsp3) is 0.242. The molecule has 0 radical (unpaired) electrons. The molecule has 0 bridgehead atoms. The molecule has 0 aliphatic carbocycles. The average molecular weight is 638 g/mol. The van der Waals surface area contributed by atoms with E-state index in [0.717, 1.165) is 17.7 Å². The minimum atomic E-state index is -1.07. The number of rotatable bonds is 8. The zero-order valence-electron chi connectivity index (χ0n) is 23.8. The number of pyridine rings is 1. The Balaban J connectivity index is 1.33. The van der Waals surface area contributed by atoms with Crippen molar-refractivity contribution >= 4 is 40.2 Å². The smallest absolute Gasteiger partial charge is 0.335 e. The number of fused-ring (bicyclic) bond motifs is 1. The van der Waals surface area contributed by atoms with Crippen molar-refractivity contribution in [2.24, 2.45) is 5.41 Å². The Morgan fingerprint density at radius 1 is 1.05 bits per heavy atom. The molecule has 0 amide bonds. The van der Waals surface area contributed by atoms with Crippen molar-refractivity contribution in [1.82, 2.24) is 14.5 Å². The number of benzene rings is 3. The van der Waals surface area contributed by atoms with Gasteiger partial charge in [-0.1, -0.05) is 49.2 Å². The number of carbonyl (C=O) groups is 1. The van der Waals surface area contributed by atoms with Crippen LogP contribution < -0.4 is 4.74 Å². The maximum atomic E-state index is 15.7. The van der Waals surface area contributed by atoms with Gasteiger partial charge in [0.2, 0.25) is 5.88 Å². The van der Waals surface area contributed by atoms with E-state index in [-0.39, 0.29) is 57.8 Å². The zero-order valence-corrected chi connectivity index (χ0v) is 25.3. The molecule has 1 aliphatic rings. The van der Waals surface area contributed by atoms with Crippen LogP contribution in [0, 0.1) is 17.0 Å². The molecule has 0 saturated carbocycles. The van der Waals surface area contributed by atoms with E-state index in [1.165, 1.54) is 18.2 Å². The van der Waals surface area contributed by atoms with Crippen LogP contribution in [0.1, 0.15) is 47.2 Å². The average Bonchev–Trinajstić information content (AvgIpc) is 3.52. The Morgan fingerprint density at radius 2 is 1.82 bits per heavy atom. The maximum absolute atomic E-state index is 15.7. The summed E-state index contributed by atoms with van der Waals surface area (Å²) in [6, 6.07) is 16.8. The first kappa shape index (κ1) is 30.0. The number of aromatic carboxylic acids is 1. The number of halogens is 4. The van der Waals surface area contributed by atoms with Crippen LogP contribution >= 0.6 is 23.2 Å². The number of ether oxygens (including phenoxy) is 2. The van der Waals surface area contributed by atoms with E-state index < -0.39 is 17.6 Å². The van der Waals surface area contributed by atoms with Gasteiger partial charge in [0.25, 0.3) is 0 Å². The number of imidazole rings is 1. The lowest BCUT2D eigenvalue weighted by molar-refractivity contribution is 0.0697. The molecule has 1 aliphatic heterocycles. The summed E-state index contributed by atoms with van der Waals surface area (Å²) in [5.74, 6) is -1.84. The second kappa shape index (κ2) is 11.8. The van der Waals surface area contributed by atoms with Gasteiger partial charge in [0.1, 0.15) is 29.1 Å². The quantitative estimate of drug-likeness (QED) is 0.185. The van der Waals surface area contributed by atoms with Crippen molar-refractivity contribution in [2.45, 2.75) is 32.9 Å². The Bertz CT molecular complexity index is 1890. The number of hydrogen-bond donors (Lipinski definition) is 1. The van der Waals surface area contributed by atoms with Gasteiger partial charge in [0.15, 0.2) is 0 Å². The molecule has 6 rings (SSSR count). The topological polar surface area (TPSA) is 86.5 Å². The molecular formula is C33H27Cl2F2N3O4. The molecule has 3 heterocycles. The molecule has 2 aromatic heterocycles. The highest BCUT2D eigenvalue weighted by molar-refractivity contribution is 6.31. The Labute approximate surface area is 262 Å². The van der Waals surface area contributed by atoms with E-state index in [1.54, 1.807) is 36.4 Å². The summed E-state index contributed by atoms with van der Waals surface area (Å²) >= 11 is 12.2. The molecule has 226 valence electrons. The molecule has 11 heteroatoms. The highest BCUT2D eigenvalue weighted by Crippen LogP contribution is 2.41. The second-order valence-electron chi connectivity index (χ2n) is 11.4. The van der Waals surface area contributed by atoms with E-state index in [9.17, 15) is 9.90 Å². The molecular weight excluding hydrogens is 611 g/mol. The van der Waals surface area contributed by atoms with Crippen LogP contribution in [0.2, 0.25) is 10.0 Å². The molecule has 44 heavy (non-hydrogen) atoms. The predicted octanol–water partition coefficient (Wildman–Crippen LogP) is 8.15. The molecule has 0 unspecified atom stereocenters. The van der Waals surface area contributed by atoms with Crippen molar-refractivity contribution in [3.05, 3.63) is 111 Å². The molecule has 1 saturated heterocycles. The summed E-state index contributed by atoms with van der Waals surface area (Å²) in [5, 5.41) is 10.4. The van der Waals surface area contributed by atoms with Gasteiger partial charge in [0, 0.05) is 22.4 Å². The van der Waals surface area contributed by atoms with E-state index >= 15 is 8.78 Å². The monoisotopic (exact) mass is 637 g/mol. The predicted molar refractivity (Wildman–Crippen MR) is 164 cm³/mol. The van der Waals surface area contributed by atoms with Crippen LogP contribution in [-0.2, 0) is 17.8 Å². The fourth-order valence-corrected chi connectivity index (χ4v) is 5.71. The molecule has 1 N–H and O–H groups in total. The SMILES string of the molecule is CC1(C)COC[C@H]1n1c(Cc2cc(F)c(-c3ccc(Cl)c(OCc4ccc(Cl)cc4)n3)cc2F)nc2ccc(C(=O)O)cc21. The summed E-state index contributed by atoms with van der Waals surface area (Å²) in [4.78, 5) is 20.8. The number of carboxylic acid groups (broad SMARTS) is 1. The van der Waals surface area contributed by atoms with E-state index in [0.29, 0.717) is 35.1 Å². The van der Waals surface area contributed by atoms with E-state index in [2.05, 4.69) is 4.98 Å². The molecule has 7 nitrogen and oxygen atoms in total. The Kier molecular flexibility index (Phi) is 8.04. The van der Waals surface area contributed by atoms with Gasteiger partial charge < -0.3 is 19.1 Å². The van der Waals surface area contributed by atoms with Gasteiger partial charge in [0.05, 0.1) is 41.5 Å². The molecule has 0 spiro atoms. The second-order valence-corrected chi connectivity index (χ2v) is 12.3. The van der Waals surface area contributed by atoms with E-state index in [1.807, 2.05) is 18.4 Å². The Hall–Kier alpha value is -4.05. The highest BCUT2D eigenvalue weighted by Gasteiger charge is 2.39. The summed E-state index contributed by atoms with van der Waals surface area (Å²) in [7, 11) is 0. The lowest BCUT2D eigenvalue weighted by Gasteiger charge is -2.28. The van der Waals surface area contributed by atoms with Crippen LogP contribution in [0.5, 0.6) is 5.88 Å². The summed E-state index contributed by atoms with van der Waals surface area (Å²) < 4.78 is 44.7. The van der Waals surface area contributed by atoms with E-state index in [4.69, 9.17) is 37.7 Å². The summed E-state index contributed by atoms with van der Waals surface area (Å²) in [5.41, 5.74) is 1.98. The minimum absolute atomic E-state index is 0.0315. The number of carboxylic acids is 1. The molecule has 5 aromatic rings. The first-order valence-corrected chi connectivity index (χ1v) is 14.6. The molecule has 1 atom stereocenters. The van der Waals surface area contributed by atoms with Gasteiger partial charge in [-0.05, 0) is 65.7 Å². The summed E-state index contributed by atoms with van der Waals surface area (Å²) in [6.45, 7) is 5.11. The molecule has 3 aromatic carbocycles. The third-order valence-corrected chi connectivity index (χ3v) is 8.38. The van der Waals surface area contributed by atoms with Crippen LogP contribution in [-0.4, -0.2) is 38.8 Å². The van der Waals surface area contributed by atoms with Gasteiger partial charge in [-0.15, -0.1) is 0 Å². The third-order valence-electron chi connectivity index (χ3n) is 7.84. The van der Waals surface area contributed by atoms with Crippen LogP contribution in [0.3, 0.4) is 0 Å². The lowest BCUT2D eigenvalue weighted by Crippen LogP contribution is -2.27. The number of hydrogen-bond acceptors (Lipinski definition) is 5. The molecule has 1 fully saturated rings.